The van der Waals surface area contributed by atoms with Crippen LogP contribution in [-0.2, 0) is 21.9 Å². The van der Waals surface area contributed by atoms with Crippen LogP contribution in [0.15, 0.2) is 17.3 Å². The van der Waals surface area contributed by atoms with E-state index in [1.54, 1.807) is 0 Å². The van der Waals surface area contributed by atoms with Crippen LogP contribution in [0.3, 0.4) is 0 Å². The Bertz CT molecular complexity index is 560. The summed E-state index contributed by atoms with van der Waals surface area (Å²) in [5.74, 6) is -0.280. The van der Waals surface area contributed by atoms with Gasteiger partial charge in [-0.05, 0) is 18.2 Å². The SMILES string of the molecule is Cn1nccc1S(=O)(=O)NC1(C(=O)O)CCSC1. The lowest BCUT2D eigenvalue weighted by Gasteiger charge is -2.24. The van der Waals surface area contributed by atoms with Crippen molar-refractivity contribution < 1.29 is 18.3 Å². The lowest BCUT2D eigenvalue weighted by atomic mass is 10.0. The van der Waals surface area contributed by atoms with Crippen molar-refractivity contribution in [2.45, 2.75) is 17.0 Å². The quantitative estimate of drug-likeness (QED) is 0.787. The average molecular weight is 291 g/mol. The number of nitrogens with one attached hydrogen (secondary N) is 1. The summed E-state index contributed by atoms with van der Waals surface area (Å²) >= 11 is 1.42. The average Bonchev–Trinajstić information content (AvgIpc) is 2.87. The minimum atomic E-state index is -3.88. The minimum absolute atomic E-state index is 0.0416. The first kappa shape index (κ1) is 13.4. The van der Waals surface area contributed by atoms with Crippen LogP contribution in [0.5, 0.6) is 0 Å². The van der Waals surface area contributed by atoms with E-state index in [-0.39, 0.29) is 17.2 Å². The highest BCUT2D eigenvalue weighted by molar-refractivity contribution is 7.99. The molecule has 1 saturated heterocycles. The summed E-state index contributed by atoms with van der Waals surface area (Å²) in [5, 5.41) is 13.0. The molecular formula is C9H13N3O4S2. The van der Waals surface area contributed by atoms with E-state index >= 15 is 0 Å². The zero-order chi connectivity index (χ0) is 13.4. The highest BCUT2D eigenvalue weighted by atomic mass is 32.2. The second-order valence-corrected chi connectivity index (χ2v) is 6.82. The molecule has 1 aliphatic rings. The van der Waals surface area contributed by atoms with Crippen molar-refractivity contribution in [1.82, 2.24) is 14.5 Å². The minimum Gasteiger partial charge on any atom is -0.480 e. The molecule has 1 atom stereocenters. The van der Waals surface area contributed by atoms with Crippen LogP contribution in [0, 0.1) is 0 Å². The molecule has 1 fully saturated rings. The van der Waals surface area contributed by atoms with E-state index in [9.17, 15) is 18.3 Å². The smallest absolute Gasteiger partial charge is 0.325 e. The third kappa shape index (κ3) is 2.25. The number of aryl methyl sites for hydroxylation is 1. The van der Waals surface area contributed by atoms with Crippen LogP contribution in [0.2, 0.25) is 0 Å². The van der Waals surface area contributed by atoms with Crippen LogP contribution in [0.1, 0.15) is 6.42 Å². The zero-order valence-corrected chi connectivity index (χ0v) is 11.3. The highest BCUT2D eigenvalue weighted by Gasteiger charge is 2.45. The predicted molar refractivity (Wildman–Crippen MR) is 65.8 cm³/mol. The summed E-state index contributed by atoms with van der Waals surface area (Å²) in [7, 11) is -2.39. The Morgan fingerprint density at radius 2 is 2.39 bits per heavy atom. The van der Waals surface area contributed by atoms with Crippen LogP contribution >= 0.6 is 11.8 Å². The number of hydrogen-bond donors (Lipinski definition) is 2. The molecule has 0 bridgehead atoms. The number of thioether (sulfide) groups is 1. The second-order valence-electron chi connectivity index (χ2n) is 4.09. The normalized spacial score (nSPS) is 24.3. The van der Waals surface area contributed by atoms with Gasteiger partial charge in [0.05, 0.1) is 6.20 Å². The van der Waals surface area contributed by atoms with Crippen molar-refractivity contribution in [1.29, 1.82) is 0 Å². The third-order valence-corrected chi connectivity index (χ3v) is 5.61. The number of hydrogen-bond acceptors (Lipinski definition) is 5. The van der Waals surface area contributed by atoms with E-state index in [4.69, 9.17) is 0 Å². The van der Waals surface area contributed by atoms with Gasteiger partial charge in [0.2, 0.25) is 0 Å². The fourth-order valence-electron chi connectivity index (χ4n) is 1.79. The van der Waals surface area contributed by atoms with Crippen LogP contribution in [-0.4, -0.2) is 46.3 Å². The third-order valence-electron chi connectivity index (χ3n) is 2.81. The highest BCUT2D eigenvalue weighted by Crippen LogP contribution is 2.29. The Balaban J connectivity index is 2.33. The predicted octanol–water partition coefficient (Wildman–Crippen LogP) is -0.341. The molecule has 1 aromatic rings. The lowest BCUT2D eigenvalue weighted by molar-refractivity contribution is -0.142. The van der Waals surface area contributed by atoms with Crippen LogP contribution < -0.4 is 4.72 Å². The fraction of sp³-hybridized carbons (Fsp3) is 0.556. The topological polar surface area (TPSA) is 101 Å². The molecule has 0 amide bonds. The first-order valence-corrected chi connectivity index (χ1v) is 7.84. The molecule has 2 rings (SSSR count). The number of aliphatic carboxylic acids is 1. The maximum Gasteiger partial charge on any atom is 0.325 e. The van der Waals surface area contributed by atoms with E-state index < -0.39 is 21.5 Å². The first-order chi connectivity index (χ1) is 8.37. The zero-order valence-electron chi connectivity index (χ0n) is 9.66. The van der Waals surface area contributed by atoms with Gasteiger partial charge in [0.15, 0.2) is 5.03 Å². The molecule has 2 N–H and O–H groups in total. The van der Waals surface area contributed by atoms with Crippen LogP contribution in [0.25, 0.3) is 0 Å². The maximum absolute atomic E-state index is 12.1. The van der Waals surface area contributed by atoms with Crippen molar-refractivity contribution in [2.75, 3.05) is 11.5 Å². The molecule has 0 aliphatic carbocycles. The van der Waals surface area contributed by atoms with Gasteiger partial charge in [-0.3, -0.25) is 9.48 Å². The van der Waals surface area contributed by atoms with E-state index in [0.29, 0.717) is 5.75 Å². The van der Waals surface area contributed by atoms with Gasteiger partial charge in [-0.2, -0.15) is 21.6 Å². The van der Waals surface area contributed by atoms with Crippen molar-refractivity contribution in [2.24, 2.45) is 7.05 Å². The number of sulfonamides is 1. The lowest BCUT2D eigenvalue weighted by Crippen LogP contribution is -2.54. The number of rotatable bonds is 4. The van der Waals surface area contributed by atoms with Crippen molar-refractivity contribution >= 4 is 27.8 Å². The number of aromatic nitrogens is 2. The molecule has 1 aliphatic heterocycles. The van der Waals surface area contributed by atoms with Gasteiger partial charge >= 0.3 is 5.97 Å². The van der Waals surface area contributed by atoms with Gasteiger partial charge in [0.1, 0.15) is 5.54 Å². The number of carboxylic acid groups (broad SMARTS) is 1. The Morgan fingerprint density at radius 1 is 1.67 bits per heavy atom. The van der Waals surface area contributed by atoms with Gasteiger partial charge in [-0.25, -0.2) is 8.42 Å². The summed E-state index contributed by atoms with van der Waals surface area (Å²) in [5.41, 5.74) is -1.41. The molecule has 0 radical (unpaired) electrons. The van der Waals surface area contributed by atoms with Gasteiger partial charge < -0.3 is 5.11 Å². The molecule has 1 unspecified atom stereocenters. The Kier molecular flexibility index (Phi) is 3.39. The first-order valence-electron chi connectivity index (χ1n) is 5.20. The van der Waals surface area contributed by atoms with Crippen molar-refractivity contribution in [3.8, 4) is 0 Å². The molecular weight excluding hydrogens is 278 g/mol. The number of nitrogens with zero attached hydrogens (tertiary/aromatic N) is 2. The summed E-state index contributed by atoms with van der Waals surface area (Å²) in [6.45, 7) is 0. The van der Waals surface area contributed by atoms with Gasteiger partial charge in [-0.15, -0.1) is 0 Å². The Hall–Kier alpha value is -1.06. The summed E-state index contributed by atoms with van der Waals surface area (Å²) < 4.78 is 27.8. The molecule has 9 heteroatoms. The van der Waals surface area contributed by atoms with E-state index in [1.807, 2.05) is 0 Å². The van der Waals surface area contributed by atoms with Crippen molar-refractivity contribution in [3.05, 3.63) is 12.3 Å². The van der Waals surface area contributed by atoms with Crippen molar-refractivity contribution in [3.63, 3.8) is 0 Å². The molecule has 0 spiro atoms. The molecule has 100 valence electrons. The van der Waals surface area contributed by atoms with E-state index in [1.165, 1.54) is 35.8 Å². The van der Waals surface area contributed by atoms with E-state index in [0.717, 1.165) is 0 Å². The van der Waals surface area contributed by atoms with Gasteiger partial charge in [0, 0.05) is 12.8 Å². The van der Waals surface area contributed by atoms with Crippen LogP contribution in [0.4, 0.5) is 0 Å². The Labute approximate surface area is 109 Å². The van der Waals surface area contributed by atoms with Gasteiger partial charge in [-0.1, -0.05) is 0 Å². The molecule has 0 aromatic carbocycles. The number of carbonyl (C=O) groups is 1. The summed E-state index contributed by atoms with van der Waals surface area (Å²) in [4.78, 5) is 11.3. The standard InChI is InChI=1S/C9H13N3O4S2/c1-12-7(2-4-10-12)18(15,16)11-9(8(13)14)3-5-17-6-9/h2,4,11H,3,5-6H2,1H3,(H,13,14). The van der Waals surface area contributed by atoms with E-state index in [2.05, 4.69) is 9.82 Å². The maximum atomic E-state index is 12.1. The fourth-order valence-corrected chi connectivity index (χ4v) is 4.73. The molecule has 2 heterocycles. The largest absolute Gasteiger partial charge is 0.480 e. The molecule has 18 heavy (non-hydrogen) atoms. The summed E-state index contributed by atoms with van der Waals surface area (Å²) in [6, 6.07) is 1.33. The summed E-state index contributed by atoms with van der Waals surface area (Å²) in [6.07, 6.45) is 1.63. The molecule has 7 nitrogen and oxygen atoms in total. The Morgan fingerprint density at radius 3 is 2.83 bits per heavy atom. The molecule has 1 aromatic heterocycles. The molecule has 0 saturated carbocycles. The van der Waals surface area contributed by atoms with Gasteiger partial charge in [0.25, 0.3) is 10.0 Å². The number of carboxylic acids is 1. The second kappa shape index (κ2) is 4.56. The monoisotopic (exact) mass is 291 g/mol.